The van der Waals surface area contributed by atoms with E-state index in [0.29, 0.717) is 32.1 Å². The second kappa shape index (κ2) is 5.97. The van der Waals surface area contributed by atoms with Crippen molar-refractivity contribution in [1.29, 1.82) is 5.26 Å². The molecule has 1 fully saturated rings. The van der Waals surface area contributed by atoms with Gasteiger partial charge in [0.05, 0.1) is 17.0 Å². The Bertz CT molecular complexity index is 528. The van der Waals surface area contributed by atoms with Crippen LogP contribution in [0.2, 0.25) is 0 Å². The van der Waals surface area contributed by atoms with E-state index in [1.807, 2.05) is 0 Å². The Hall–Kier alpha value is -2.00. The summed E-state index contributed by atoms with van der Waals surface area (Å²) in [4.78, 5) is 11.8. The van der Waals surface area contributed by atoms with Crippen molar-refractivity contribution < 1.29 is 23.0 Å². The van der Waals surface area contributed by atoms with Crippen molar-refractivity contribution in [3.8, 4) is 6.07 Å². The lowest BCUT2D eigenvalue weighted by molar-refractivity contribution is -0.00470. The second-order valence-corrected chi connectivity index (χ2v) is 4.74. The minimum absolute atomic E-state index is 0.107. The fourth-order valence-electron chi connectivity index (χ4n) is 2.01. The third-order valence-corrected chi connectivity index (χ3v) is 3.26. The maximum Gasteiger partial charge on any atom is 0.338 e. The average molecular weight is 281 g/mol. The first-order valence-electron chi connectivity index (χ1n) is 6.17. The summed E-state index contributed by atoms with van der Waals surface area (Å²) in [5, 5.41) is 9.20. The van der Waals surface area contributed by atoms with E-state index in [-0.39, 0.29) is 12.2 Å². The van der Waals surface area contributed by atoms with Gasteiger partial charge in [0.25, 0.3) is 0 Å². The average Bonchev–Trinajstić information content (AvgIpc) is 2.45. The second-order valence-electron chi connectivity index (χ2n) is 4.74. The van der Waals surface area contributed by atoms with E-state index in [1.165, 1.54) is 0 Å². The summed E-state index contributed by atoms with van der Waals surface area (Å²) >= 11 is 0. The summed E-state index contributed by atoms with van der Waals surface area (Å²) in [5.74, 6) is -2.54. The first-order valence-corrected chi connectivity index (χ1v) is 6.17. The van der Waals surface area contributed by atoms with Crippen molar-refractivity contribution in [2.24, 2.45) is 5.41 Å². The normalized spacial score (nSPS) is 17.2. The molecule has 0 bridgehead atoms. The predicted molar refractivity (Wildman–Crippen MR) is 64.7 cm³/mol. The van der Waals surface area contributed by atoms with Crippen LogP contribution in [0.1, 0.15) is 23.2 Å². The van der Waals surface area contributed by atoms with Gasteiger partial charge in [0.15, 0.2) is 0 Å². The van der Waals surface area contributed by atoms with Gasteiger partial charge in [-0.05, 0) is 25.0 Å². The molecular weight excluding hydrogens is 268 g/mol. The van der Waals surface area contributed by atoms with Crippen molar-refractivity contribution in [2.75, 3.05) is 19.8 Å². The van der Waals surface area contributed by atoms with Gasteiger partial charge in [0.2, 0.25) is 0 Å². The van der Waals surface area contributed by atoms with E-state index < -0.39 is 23.0 Å². The molecule has 1 aromatic carbocycles. The highest BCUT2D eigenvalue weighted by Crippen LogP contribution is 2.30. The van der Waals surface area contributed by atoms with Crippen molar-refractivity contribution in [2.45, 2.75) is 12.8 Å². The summed E-state index contributed by atoms with van der Waals surface area (Å²) in [6.07, 6.45) is 0.933. The van der Waals surface area contributed by atoms with E-state index >= 15 is 0 Å². The van der Waals surface area contributed by atoms with Crippen LogP contribution < -0.4 is 0 Å². The van der Waals surface area contributed by atoms with Crippen LogP contribution in [-0.2, 0) is 9.47 Å². The van der Waals surface area contributed by atoms with Crippen LogP contribution in [0.15, 0.2) is 18.2 Å². The lowest BCUT2D eigenvalue weighted by Gasteiger charge is -2.29. The molecule has 0 N–H and O–H groups in total. The van der Waals surface area contributed by atoms with Crippen LogP contribution >= 0.6 is 0 Å². The third kappa shape index (κ3) is 3.31. The van der Waals surface area contributed by atoms with Crippen molar-refractivity contribution >= 4 is 5.97 Å². The number of halogens is 2. The SMILES string of the molecule is N#CC1(COC(=O)c2cc(F)cc(F)c2)CCOCC1. The van der Waals surface area contributed by atoms with Gasteiger partial charge < -0.3 is 9.47 Å². The number of ether oxygens (including phenoxy) is 2. The molecule has 106 valence electrons. The zero-order valence-electron chi connectivity index (χ0n) is 10.7. The number of esters is 1. The minimum Gasteiger partial charge on any atom is -0.460 e. The molecule has 0 unspecified atom stereocenters. The first-order chi connectivity index (χ1) is 9.54. The Morgan fingerprint density at radius 2 is 1.90 bits per heavy atom. The molecule has 20 heavy (non-hydrogen) atoms. The van der Waals surface area contributed by atoms with E-state index in [1.54, 1.807) is 0 Å². The smallest absolute Gasteiger partial charge is 0.338 e. The standard InChI is InChI=1S/C14H13F2NO3/c15-11-5-10(6-12(16)7-11)13(18)20-9-14(8-17)1-3-19-4-2-14/h5-7H,1-4,9H2. The van der Waals surface area contributed by atoms with Crippen LogP contribution in [0.4, 0.5) is 8.78 Å². The highest BCUT2D eigenvalue weighted by Gasteiger charge is 2.34. The van der Waals surface area contributed by atoms with Crippen LogP contribution in [0, 0.1) is 28.4 Å². The number of nitriles is 1. The number of carbonyl (C=O) groups is 1. The van der Waals surface area contributed by atoms with Crippen molar-refractivity contribution in [3.63, 3.8) is 0 Å². The first kappa shape index (κ1) is 14.4. The van der Waals surface area contributed by atoms with E-state index in [0.717, 1.165) is 12.1 Å². The molecule has 0 radical (unpaired) electrons. The van der Waals surface area contributed by atoms with E-state index in [4.69, 9.17) is 9.47 Å². The molecule has 0 spiro atoms. The zero-order chi connectivity index (χ0) is 14.6. The number of hydrogen-bond acceptors (Lipinski definition) is 4. The molecule has 0 atom stereocenters. The number of nitrogens with zero attached hydrogens (tertiary/aromatic N) is 1. The van der Waals surface area contributed by atoms with E-state index in [9.17, 15) is 18.8 Å². The Morgan fingerprint density at radius 3 is 2.45 bits per heavy atom. The van der Waals surface area contributed by atoms with Gasteiger partial charge in [-0.15, -0.1) is 0 Å². The van der Waals surface area contributed by atoms with Crippen LogP contribution in [0.3, 0.4) is 0 Å². The van der Waals surface area contributed by atoms with Gasteiger partial charge in [0, 0.05) is 19.3 Å². The predicted octanol–water partition coefficient (Wildman–Crippen LogP) is 2.44. The highest BCUT2D eigenvalue weighted by molar-refractivity contribution is 5.89. The maximum atomic E-state index is 13.0. The Balaban J connectivity index is 2.02. The van der Waals surface area contributed by atoms with Crippen molar-refractivity contribution in [3.05, 3.63) is 35.4 Å². The topological polar surface area (TPSA) is 59.3 Å². The lowest BCUT2D eigenvalue weighted by atomic mass is 9.83. The molecule has 6 heteroatoms. The number of carbonyl (C=O) groups excluding carboxylic acids is 1. The van der Waals surface area contributed by atoms with Crippen LogP contribution in [0.25, 0.3) is 0 Å². The fourth-order valence-corrected chi connectivity index (χ4v) is 2.01. The summed E-state index contributed by atoms with van der Waals surface area (Å²) in [7, 11) is 0. The highest BCUT2D eigenvalue weighted by atomic mass is 19.1. The molecule has 0 aliphatic carbocycles. The van der Waals surface area contributed by atoms with Gasteiger partial charge in [0.1, 0.15) is 18.2 Å². The summed E-state index contributed by atoms with van der Waals surface area (Å²) in [5.41, 5.74) is -0.984. The van der Waals surface area contributed by atoms with Crippen LogP contribution in [0.5, 0.6) is 0 Å². The van der Waals surface area contributed by atoms with E-state index in [2.05, 4.69) is 6.07 Å². The molecule has 2 rings (SSSR count). The molecule has 1 aliphatic heterocycles. The number of benzene rings is 1. The quantitative estimate of drug-likeness (QED) is 0.798. The maximum absolute atomic E-state index is 13.0. The third-order valence-electron chi connectivity index (χ3n) is 3.26. The van der Waals surface area contributed by atoms with Gasteiger partial charge in [-0.1, -0.05) is 0 Å². The van der Waals surface area contributed by atoms with Gasteiger partial charge in [-0.2, -0.15) is 5.26 Å². The summed E-state index contributed by atoms with van der Waals surface area (Å²) in [6, 6.07) is 4.61. The van der Waals surface area contributed by atoms with Gasteiger partial charge in [-0.3, -0.25) is 0 Å². The molecule has 1 aliphatic rings. The zero-order valence-corrected chi connectivity index (χ0v) is 10.7. The van der Waals surface area contributed by atoms with Crippen LogP contribution in [-0.4, -0.2) is 25.8 Å². The van der Waals surface area contributed by atoms with Gasteiger partial charge >= 0.3 is 5.97 Å². The Labute approximate surface area is 114 Å². The molecule has 4 nitrogen and oxygen atoms in total. The molecule has 1 heterocycles. The molecule has 1 saturated heterocycles. The number of hydrogen-bond donors (Lipinski definition) is 0. The number of rotatable bonds is 3. The Kier molecular flexibility index (Phi) is 4.30. The monoisotopic (exact) mass is 281 g/mol. The molecule has 0 aromatic heterocycles. The minimum atomic E-state index is -0.849. The van der Waals surface area contributed by atoms with Crippen molar-refractivity contribution in [1.82, 2.24) is 0 Å². The summed E-state index contributed by atoms with van der Waals surface area (Å²) < 4.78 is 36.2. The fraction of sp³-hybridized carbons (Fsp3) is 0.429. The summed E-state index contributed by atoms with van der Waals surface area (Å²) in [6.45, 7) is 0.753. The molecule has 0 saturated carbocycles. The molecular formula is C14H13F2NO3. The Morgan fingerprint density at radius 1 is 1.30 bits per heavy atom. The van der Waals surface area contributed by atoms with Gasteiger partial charge in [-0.25, -0.2) is 13.6 Å². The molecule has 0 amide bonds. The molecule has 1 aromatic rings. The largest absolute Gasteiger partial charge is 0.460 e. The lowest BCUT2D eigenvalue weighted by Crippen LogP contribution is -2.33.